The number of nitro groups is 1. The molecule has 4 nitrogen and oxygen atoms in total. The molecular formula is C10H11BrN2O2. The third-order valence-electron chi connectivity index (χ3n) is 2.55. The summed E-state index contributed by atoms with van der Waals surface area (Å²) in [5, 5.41) is 10.6. The minimum atomic E-state index is -0.383. The molecule has 0 spiro atoms. The summed E-state index contributed by atoms with van der Waals surface area (Å²) in [6.07, 6.45) is 4.78. The van der Waals surface area contributed by atoms with Crippen molar-refractivity contribution in [1.29, 1.82) is 0 Å². The molecule has 0 amide bonds. The van der Waals surface area contributed by atoms with Gasteiger partial charge in [0.15, 0.2) is 0 Å². The second-order valence-electron chi connectivity index (χ2n) is 3.82. The number of hydrogen-bond donors (Lipinski definition) is 0. The van der Waals surface area contributed by atoms with Gasteiger partial charge >= 0.3 is 0 Å². The first kappa shape index (κ1) is 10.5. The summed E-state index contributed by atoms with van der Waals surface area (Å²) in [6.45, 7) is 0. The van der Waals surface area contributed by atoms with Crippen molar-refractivity contribution in [3.05, 3.63) is 34.1 Å². The normalized spacial score (nSPS) is 17.4. The van der Waals surface area contributed by atoms with Crippen molar-refractivity contribution >= 4 is 21.6 Å². The highest BCUT2D eigenvalue weighted by Gasteiger charge is 2.29. The maximum atomic E-state index is 10.6. The fraction of sp³-hybridized carbons (Fsp3) is 0.500. The van der Waals surface area contributed by atoms with Gasteiger partial charge in [-0.25, -0.2) is 0 Å². The van der Waals surface area contributed by atoms with Crippen LogP contribution < -0.4 is 0 Å². The molecule has 0 N–H and O–H groups in total. The van der Waals surface area contributed by atoms with Crippen LogP contribution in [-0.2, 0) is 6.42 Å². The molecule has 1 aliphatic carbocycles. The second-order valence-corrected chi connectivity index (χ2v) is 5.00. The predicted octanol–water partition coefficient (Wildman–Crippen LogP) is 2.71. The maximum absolute atomic E-state index is 10.6. The first-order valence-corrected chi connectivity index (χ1v) is 5.82. The molecule has 1 aromatic heterocycles. The molecule has 1 atom stereocenters. The van der Waals surface area contributed by atoms with Crippen molar-refractivity contribution in [3.63, 3.8) is 0 Å². The largest absolute Gasteiger partial charge is 0.272 e. The predicted molar refractivity (Wildman–Crippen MR) is 60.0 cm³/mol. The number of alkyl halides is 1. The lowest BCUT2D eigenvalue weighted by Gasteiger charge is -2.06. The van der Waals surface area contributed by atoms with E-state index in [0.29, 0.717) is 4.83 Å². The lowest BCUT2D eigenvalue weighted by Crippen LogP contribution is -2.06. The highest BCUT2D eigenvalue weighted by molar-refractivity contribution is 9.09. The van der Waals surface area contributed by atoms with E-state index >= 15 is 0 Å². The lowest BCUT2D eigenvalue weighted by atomic mass is 10.1. The Bertz CT molecular complexity index is 379. The van der Waals surface area contributed by atoms with Gasteiger partial charge in [-0.1, -0.05) is 15.9 Å². The number of aromatic nitrogens is 1. The fourth-order valence-corrected chi connectivity index (χ4v) is 2.38. The molecule has 5 heteroatoms. The van der Waals surface area contributed by atoms with Crippen LogP contribution in [0.15, 0.2) is 18.3 Å². The minimum absolute atomic E-state index is 0.121. The summed E-state index contributed by atoms with van der Waals surface area (Å²) in [5.41, 5.74) is 0.911. The van der Waals surface area contributed by atoms with Gasteiger partial charge in [0.05, 0.1) is 4.92 Å². The van der Waals surface area contributed by atoms with E-state index in [-0.39, 0.29) is 10.6 Å². The van der Waals surface area contributed by atoms with Crippen LogP contribution in [0.4, 0.5) is 5.69 Å². The summed E-state index contributed by atoms with van der Waals surface area (Å²) in [4.78, 5) is 14.7. The lowest BCUT2D eigenvalue weighted by molar-refractivity contribution is -0.385. The van der Waals surface area contributed by atoms with Gasteiger partial charge in [0, 0.05) is 35.3 Å². The zero-order valence-electron chi connectivity index (χ0n) is 8.10. The van der Waals surface area contributed by atoms with Gasteiger partial charge in [0.2, 0.25) is 0 Å². The summed E-state index contributed by atoms with van der Waals surface area (Å²) in [5.74, 6) is 0.728. The Morgan fingerprint density at radius 3 is 3.00 bits per heavy atom. The first-order chi connectivity index (χ1) is 7.16. The number of pyridine rings is 1. The Kier molecular flexibility index (Phi) is 3.00. The molecule has 0 aliphatic heterocycles. The average Bonchev–Trinajstić information content (AvgIpc) is 3.01. The zero-order chi connectivity index (χ0) is 10.8. The van der Waals surface area contributed by atoms with Crippen LogP contribution in [0.25, 0.3) is 0 Å². The van der Waals surface area contributed by atoms with Gasteiger partial charge in [-0.2, -0.15) is 0 Å². The highest BCUT2D eigenvalue weighted by Crippen LogP contribution is 2.38. The Balaban J connectivity index is 2.07. The van der Waals surface area contributed by atoms with E-state index in [0.717, 1.165) is 18.0 Å². The van der Waals surface area contributed by atoms with E-state index in [1.54, 1.807) is 6.07 Å². The number of hydrogen-bond acceptors (Lipinski definition) is 3. The van der Waals surface area contributed by atoms with Gasteiger partial charge in [-0.15, -0.1) is 0 Å². The number of rotatable bonds is 4. The Morgan fingerprint density at radius 1 is 1.67 bits per heavy atom. The molecule has 0 saturated heterocycles. The van der Waals surface area contributed by atoms with Crippen LogP contribution in [0, 0.1) is 16.0 Å². The zero-order valence-corrected chi connectivity index (χ0v) is 9.68. The molecule has 1 aromatic rings. The maximum Gasteiger partial charge on any atom is 0.272 e. The number of nitrogens with zero attached hydrogens (tertiary/aromatic N) is 2. The van der Waals surface area contributed by atoms with E-state index in [9.17, 15) is 10.1 Å². The molecule has 1 unspecified atom stereocenters. The molecular weight excluding hydrogens is 260 g/mol. The average molecular weight is 271 g/mol. The summed E-state index contributed by atoms with van der Waals surface area (Å²) >= 11 is 3.59. The van der Waals surface area contributed by atoms with Gasteiger partial charge in [-0.3, -0.25) is 15.1 Å². The van der Waals surface area contributed by atoms with Crippen molar-refractivity contribution in [2.45, 2.75) is 24.1 Å². The monoisotopic (exact) mass is 270 g/mol. The van der Waals surface area contributed by atoms with Crippen LogP contribution in [0.3, 0.4) is 0 Å². The molecule has 0 radical (unpaired) electrons. The molecule has 1 saturated carbocycles. The first-order valence-electron chi connectivity index (χ1n) is 4.90. The second kappa shape index (κ2) is 4.26. The van der Waals surface area contributed by atoms with E-state index in [2.05, 4.69) is 20.9 Å². The summed E-state index contributed by atoms with van der Waals surface area (Å²) in [7, 11) is 0. The third-order valence-corrected chi connectivity index (χ3v) is 3.62. The Hall–Kier alpha value is -0.970. The minimum Gasteiger partial charge on any atom is -0.261 e. The van der Waals surface area contributed by atoms with Crippen LogP contribution in [-0.4, -0.2) is 14.7 Å². The molecule has 80 valence electrons. The van der Waals surface area contributed by atoms with Crippen LogP contribution in [0.2, 0.25) is 0 Å². The van der Waals surface area contributed by atoms with E-state index in [4.69, 9.17) is 0 Å². The van der Waals surface area contributed by atoms with Crippen LogP contribution in [0.5, 0.6) is 0 Å². The molecule has 1 aliphatic rings. The Morgan fingerprint density at radius 2 is 2.40 bits per heavy atom. The van der Waals surface area contributed by atoms with Gasteiger partial charge in [0.25, 0.3) is 5.69 Å². The van der Waals surface area contributed by atoms with Gasteiger partial charge in [0.1, 0.15) is 0 Å². The van der Waals surface area contributed by atoms with Crippen LogP contribution >= 0.6 is 15.9 Å². The SMILES string of the molecule is O=[N+]([O-])c1ccnc(CC(Br)C2CC2)c1. The van der Waals surface area contributed by atoms with E-state index < -0.39 is 0 Å². The van der Waals surface area contributed by atoms with Crippen molar-refractivity contribution in [2.75, 3.05) is 0 Å². The van der Waals surface area contributed by atoms with Crippen molar-refractivity contribution in [2.24, 2.45) is 5.92 Å². The smallest absolute Gasteiger partial charge is 0.261 e. The quantitative estimate of drug-likeness (QED) is 0.480. The van der Waals surface area contributed by atoms with E-state index in [1.807, 2.05) is 0 Å². The standard InChI is InChI=1S/C10H11BrN2O2/c11-10(7-1-2-7)6-8-5-9(13(14)15)3-4-12-8/h3-5,7,10H,1-2,6H2. The van der Waals surface area contributed by atoms with Crippen molar-refractivity contribution in [3.8, 4) is 0 Å². The van der Waals surface area contributed by atoms with Gasteiger partial charge in [-0.05, 0) is 18.8 Å². The molecule has 1 fully saturated rings. The molecule has 0 aromatic carbocycles. The molecule has 1 heterocycles. The number of halogens is 1. The summed E-state index contributed by atoms with van der Waals surface area (Å²) in [6, 6.07) is 2.97. The topological polar surface area (TPSA) is 56.0 Å². The Labute approximate surface area is 96.0 Å². The highest BCUT2D eigenvalue weighted by atomic mass is 79.9. The summed E-state index contributed by atoms with van der Waals surface area (Å²) < 4.78 is 0. The van der Waals surface area contributed by atoms with Gasteiger partial charge < -0.3 is 0 Å². The fourth-order valence-electron chi connectivity index (χ4n) is 1.52. The third kappa shape index (κ3) is 2.75. The molecule has 15 heavy (non-hydrogen) atoms. The molecule has 2 rings (SSSR count). The van der Waals surface area contributed by atoms with E-state index in [1.165, 1.54) is 25.1 Å². The van der Waals surface area contributed by atoms with Crippen molar-refractivity contribution < 1.29 is 4.92 Å². The molecule has 0 bridgehead atoms. The van der Waals surface area contributed by atoms with Crippen LogP contribution in [0.1, 0.15) is 18.5 Å². The van der Waals surface area contributed by atoms with Crippen molar-refractivity contribution in [1.82, 2.24) is 4.98 Å².